The van der Waals surface area contributed by atoms with Crippen LogP contribution in [-0.4, -0.2) is 23.8 Å². The Morgan fingerprint density at radius 1 is 1.28 bits per heavy atom. The van der Waals surface area contributed by atoms with Crippen molar-refractivity contribution in [2.75, 3.05) is 0 Å². The Hall–Kier alpha value is -2.61. The van der Waals surface area contributed by atoms with Crippen LogP contribution in [0.25, 0.3) is 0 Å². The normalized spacial score (nSPS) is 22.6. The minimum absolute atomic E-state index is 0.0694. The Morgan fingerprint density at radius 3 is 2.34 bits per heavy atom. The first-order valence-corrected chi connectivity index (χ1v) is 9.98. The lowest BCUT2D eigenvalue weighted by Gasteiger charge is -2.63. The van der Waals surface area contributed by atoms with E-state index in [1.807, 2.05) is 26.0 Å². The van der Waals surface area contributed by atoms with Crippen molar-refractivity contribution in [1.82, 2.24) is 5.32 Å². The zero-order valence-corrected chi connectivity index (χ0v) is 18.6. The number of hydrogen-bond acceptors (Lipinski definition) is 4. The summed E-state index contributed by atoms with van der Waals surface area (Å²) >= 11 is 0. The molecule has 1 aromatic carbocycles. The van der Waals surface area contributed by atoms with E-state index in [-0.39, 0.29) is 40.6 Å². The zero-order chi connectivity index (χ0) is 22.1. The molecule has 0 spiro atoms. The molecule has 1 fully saturated rings. The summed E-state index contributed by atoms with van der Waals surface area (Å²) in [5.74, 6) is 0.244. The van der Waals surface area contributed by atoms with Crippen molar-refractivity contribution < 1.29 is 14.3 Å². The predicted octanol–water partition coefficient (Wildman–Crippen LogP) is 4.34. The highest BCUT2D eigenvalue weighted by molar-refractivity contribution is 5.93. The van der Waals surface area contributed by atoms with E-state index in [1.165, 1.54) is 6.92 Å². The van der Waals surface area contributed by atoms with E-state index >= 15 is 0 Å². The Labute approximate surface area is 174 Å². The van der Waals surface area contributed by atoms with Crippen LogP contribution in [0.1, 0.15) is 59.1 Å². The third-order valence-corrected chi connectivity index (χ3v) is 6.20. The van der Waals surface area contributed by atoms with Gasteiger partial charge in [-0.3, -0.25) is 9.59 Å². The maximum absolute atomic E-state index is 12.7. The minimum atomic E-state index is -0.320. The van der Waals surface area contributed by atoms with Gasteiger partial charge in [0.25, 0.3) is 0 Å². The molecule has 1 aromatic rings. The van der Waals surface area contributed by atoms with Gasteiger partial charge in [0.2, 0.25) is 5.91 Å². The molecule has 2 rings (SSSR count). The SMILES string of the molecule is C=C(CC(C)C(=O)N[C@H]1C(C)(C)[C@H](Oc2ccc(C#N)c(C)c2)C1(C)C)C(C)=O. The van der Waals surface area contributed by atoms with Crippen LogP contribution in [0.15, 0.2) is 30.4 Å². The number of allylic oxidation sites excluding steroid dienone is 1. The third kappa shape index (κ3) is 4.37. The number of benzene rings is 1. The van der Waals surface area contributed by atoms with Crippen molar-refractivity contribution >= 4 is 11.7 Å². The Morgan fingerprint density at radius 2 is 1.86 bits per heavy atom. The van der Waals surface area contributed by atoms with Gasteiger partial charge in [-0.05, 0) is 49.6 Å². The van der Waals surface area contributed by atoms with Gasteiger partial charge in [0, 0.05) is 22.8 Å². The number of ether oxygens (including phenoxy) is 1. The first kappa shape index (κ1) is 22.7. The number of nitrogens with zero attached hydrogens (tertiary/aromatic N) is 1. The number of nitrogens with one attached hydrogen (secondary N) is 1. The summed E-state index contributed by atoms with van der Waals surface area (Å²) in [6.45, 7) is 17.3. The van der Waals surface area contributed by atoms with Crippen LogP contribution in [-0.2, 0) is 9.59 Å². The summed E-state index contributed by atoms with van der Waals surface area (Å²) in [5, 5.41) is 12.3. The summed E-state index contributed by atoms with van der Waals surface area (Å²) in [6, 6.07) is 7.57. The van der Waals surface area contributed by atoms with Crippen molar-refractivity contribution in [2.45, 2.75) is 67.0 Å². The quantitative estimate of drug-likeness (QED) is 0.696. The lowest BCUT2D eigenvalue weighted by molar-refractivity contribution is -0.174. The Balaban J connectivity index is 2.10. The fourth-order valence-electron chi connectivity index (χ4n) is 4.66. The number of rotatable bonds is 7. The zero-order valence-electron chi connectivity index (χ0n) is 18.6. The highest BCUT2D eigenvalue weighted by atomic mass is 16.5. The van der Waals surface area contributed by atoms with Gasteiger partial charge in [0.15, 0.2) is 5.78 Å². The van der Waals surface area contributed by atoms with Gasteiger partial charge in [0.05, 0.1) is 11.6 Å². The van der Waals surface area contributed by atoms with Crippen LogP contribution >= 0.6 is 0 Å². The van der Waals surface area contributed by atoms with Crippen molar-refractivity contribution in [3.63, 3.8) is 0 Å². The standard InChI is InChI=1S/C24H32N2O3/c1-14(17(4)27)11-16(3)20(28)26-21-23(5,6)22(24(21,7)8)29-19-10-9-18(13-25)15(2)12-19/h9-10,12,16,21-22H,1,11H2,2-8H3,(H,26,28)/t16?,21-,22-. The molecule has 1 unspecified atom stereocenters. The van der Waals surface area contributed by atoms with Crippen molar-refractivity contribution in [3.05, 3.63) is 41.5 Å². The summed E-state index contributed by atoms with van der Waals surface area (Å²) in [4.78, 5) is 24.1. The molecule has 1 amide bonds. The average Bonchev–Trinajstić information content (AvgIpc) is 2.63. The molecule has 0 heterocycles. The summed E-state index contributed by atoms with van der Waals surface area (Å²) in [5.41, 5.74) is 1.42. The molecule has 29 heavy (non-hydrogen) atoms. The van der Waals surface area contributed by atoms with Gasteiger partial charge in [-0.1, -0.05) is 41.2 Å². The van der Waals surface area contributed by atoms with E-state index < -0.39 is 0 Å². The second-order valence-electron chi connectivity index (χ2n) is 9.44. The number of amides is 1. The maximum Gasteiger partial charge on any atom is 0.223 e. The van der Waals surface area contributed by atoms with Gasteiger partial charge >= 0.3 is 0 Å². The summed E-state index contributed by atoms with van der Waals surface area (Å²) in [6.07, 6.45) is 0.259. The van der Waals surface area contributed by atoms with E-state index in [1.54, 1.807) is 6.07 Å². The molecular weight excluding hydrogens is 364 g/mol. The van der Waals surface area contributed by atoms with Crippen molar-refractivity contribution in [2.24, 2.45) is 16.7 Å². The number of Topliss-reactive ketones (excluding diaryl/α,β-unsaturated/α-hetero) is 1. The predicted molar refractivity (Wildman–Crippen MR) is 113 cm³/mol. The highest BCUT2D eigenvalue weighted by Crippen LogP contribution is 2.55. The van der Waals surface area contributed by atoms with Gasteiger partial charge in [-0.25, -0.2) is 0 Å². The number of hydrogen-bond donors (Lipinski definition) is 1. The molecule has 1 N–H and O–H groups in total. The minimum Gasteiger partial charge on any atom is -0.489 e. The summed E-state index contributed by atoms with van der Waals surface area (Å²) < 4.78 is 6.31. The fraction of sp³-hybridized carbons (Fsp3) is 0.542. The van der Waals surface area contributed by atoms with Crippen LogP contribution in [0.5, 0.6) is 5.75 Å². The monoisotopic (exact) mass is 396 g/mol. The molecule has 1 aliphatic rings. The maximum atomic E-state index is 12.7. The number of nitriles is 1. The number of carbonyl (C=O) groups excluding carboxylic acids is 2. The average molecular weight is 397 g/mol. The van der Waals surface area contributed by atoms with Crippen LogP contribution in [0.3, 0.4) is 0 Å². The molecule has 5 heteroatoms. The topological polar surface area (TPSA) is 79.2 Å². The van der Waals surface area contributed by atoms with E-state index in [0.29, 0.717) is 17.6 Å². The molecule has 156 valence electrons. The number of carbonyl (C=O) groups is 2. The molecule has 0 bridgehead atoms. The van der Waals surface area contributed by atoms with E-state index in [9.17, 15) is 9.59 Å². The molecule has 0 aromatic heterocycles. The van der Waals surface area contributed by atoms with Crippen LogP contribution in [0.4, 0.5) is 0 Å². The largest absolute Gasteiger partial charge is 0.489 e. The molecule has 1 saturated carbocycles. The Kier molecular flexibility index (Phi) is 6.27. The smallest absolute Gasteiger partial charge is 0.223 e. The lowest BCUT2D eigenvalue weighted by atomic mass is 9.49. The van der Waals surface area contributed by atoms with Crippen molar-refractivity contribution in [1.29, 1.82) is 5.26 Å². The van der Waals surface area contributed by atoms with E-state index in [2.05, 4.69) is 45.7 Å². The van der Waals surface area contributed by atoms with Gasteiger partial charge in [-0.2, -0.15) is 5.26 Å². The lowest BCUT2D eigenvalue weighted by Crippen LogP contribution is -2.75. The molecule has 0 saturated heterocycles. The second kappa shape index (κ2) is 8.02. The van der Waals surface area contributed by atoms with Gasteiger partial charge in [0.1, 0.15) is 11.9 Å². The summed E-state index contributed by atoms with van der Waals surface area (Å²) in [7, 11) is 0. The van der Waals surface area contributed by atoms with E-state index in [4.69, 9.17) is 10.00 Å². The molecule has 5 nitrogen and oxygen atoms in total. The third-order valence-electron chi connectivity index (χ3n) is 6.20. The first-order valence-electron chi connectivity index (χ1n) is 9.98. The molecular formula is C24H32N2O3. The fourth-order valence-corrected chi connectivity index (χ4v) is 4.66. The highest BCUT2D eigenvalue weighted by Gasteiger charge is 2.64. The first-order chi connectivity index (χ1) is 13.3. The van der Waals surface area contributed by atoms with Crippen LogP contribution in [0, 0.1) is 35.0 Å². The van der Waals surface area contributed by atoms with Crippen LogP contribution in [0.2, 0.25) is 0 Å². The van der Waals surface area contributed by atoms with Gasteiger partial charge < -0.3 is 10.1 Å². The molecule has 1 aliphatic carbocycles. The number of aryl methyl sites for hydroxylation is 1. The second-order valence-corrected chi connectivity index (χ2v) is 9.44. The van der Waals surface area contributed by atoms with E-state index in [0.717, 1.165) is 11.3 Å². The van der Waals surface area contributed by atoms with Crippen molar-refractivity contribution in [3.8, 4) is 11.8 Å². The molecule has 0 radical (unpaired) electrons. The van der Waals surface area contributed by atoms with Gasteiger partial charge in [-0.15, -0.1) is 0 Å². The van der Waals surface area contributed by atoms with Crippen LogP contribution < -0.4 is 10.1 Å². The molecule has 0 aliphatic heterocycles. The molecule has 1 atom stereocenters. The Bertz CT molecular complexity index is 861. The number of ketones is 1.